The molecule has 48 valence electrons. The molecule has 0 fully saturated rings. The van der Waals surface area contributed by atoms with Crippen LogP contribution in [-0.4, -0.2) is 20.6 Å². The highest BCUT2D eigenvalue weighted by Gasteiger charge is 2.03. The zero-order valence-corrected chi connectivity index (χ0v) is 5.19. The molecule has 4 nitrogen and oxygen atoms in total. The molecule has 2 atom stereocenters. The molecule has 0 aromatic rings. The summed E-state index contributed by atoms with van der Waals surface area (Å²) in [5.41, 5.74) is -1.33. The van der Waals surface area contributed by atoms with Crippen LogP contribution in [-0.2, 0) is 20.3 Å². The van der Waals surface area contributed by atoms with Gasteiger partial charge in [0.2, 0.25) is 5.56 Å². The topological polar surface area (TPSA) is 63.6 Å². The molecule has 0 rings (SSSR count). The summed E-state index contributed by atoms with van der Waals surface area (Å²) in [5.74, 6) is 0. The van der Waals surface area contributed by atoms with Crippen molar-refractivity contribution in [3.8, 4) is 0 Å². The van der Waals surface area contributed by atoms with Gasteiger partial charge in [0, 0.05) is 0 Å². The van der Waals surface area contributed by atoms with Crippen molar-refractivity contribution in [2.45, 2.75) is 5.56 Å². The minimum atomic E-state index is -2.46. The van der Waals surface area contributed by atoms with Gasteiger partial charge >= 0.3 is 11.4 Å². The minimum Gasteiger partial charge on any atom is -0.299 e. The third kappa shape index (κ3) is 4.20. The number of alkyl halides is 1. The summed E-state index contributed by atoms with van der Waals surface area (Å²) < 4.78 is 21.3. The average molecular weight is 159 g/mol. The lowest BCUT2D eigenvalue weighted by molar-refractivity contribution is -0.110. The van der Waals surface area contributed by atoms with E-state index in [0.29, 0.717) is 0 Å². The molecule has 6 heteroatoms. The van der Waals surface area contributed by atoms with Crippen molar-refractivity contribution in [2.75, 3.05) is 0 Å². The first-order valence-corrected chi connectivity index (χ1v) is 3.01. The Kier molecular flexibility index (Phi) is 3.98. The smallest absolute Gasteiger partial charge is 0.299 e. The van der Waals surface area contributed by atoms with Crippen LogP contribution in [0.1, 0.15) is 0 Å². The van der Waals surface area contributed by atoms with E-state index in [1.54, 1.807) is 0 Å². The molecule has 0 aliphatic carbocycles. The van der Waals surface area contributed by atoms with Crippen LogP contribution in [0.25, 0.3) is 0 Å². The average Bonchev–Trinajstić information content (AvgIpc) is 1.65. The lowest BCUT2D eigenvalue weighted by atomic mass is 10.8. The summed E-state index contributed by atoms with van der Waals surface area (Å²) in [6, 6.07) is 0. The molecule has 2 unspecified atom stereocenters. The molecule has 0 aliphatic rings. The molecule has 0 bridgehead atoms. The highest BCUT2D eigenvalue weighted by molar-refractivity contribution is 7.74. The van der Waals surface area contributed by atoms with Crippen LogP contribution in [0.15, 0.2) is 0 Å². The zero-order chi connectivity index (χ0) is 6.57. The van der Waals surface area contributed by atoms with Crippen LogP contribution in [0, 0.1) is 0 Å². The fraction of sp³-hybridized carbons (Fsp3) is 0.500. The molecule has 0 aromatic carbocycles. The van der Waals surface area contributed by atoms with Gasteiger partial charge < -0.3 is 0 Å². The summed E-state index contributed by atoms with van der Waals surface area (Å²) in [6.07, 6.45) is 0.204. The van der Waals surface area contributed by atoms with Gasteiger partial charge in [0.25, 0.3) is 0 Å². The normalized spacial score (nSPS) is 17.2. The first kappa shape index (κ1) is 8.03. The van der Waals surface area contributed by atoms with Crippen molar-refractivity contribution in [1.29, 1.82) is 0 Å². The number of halogens is 1. The second kappa shape index (κ2) is 3.96. The lowest BCUT2D eigenvalue weighted by Crippen LogP contribution is -2.07. The molecule has 0 spiro atoms. The number of rotatable bonds is 3. The van der Waals surface area contributed by atoms with Crippen molar-refractivity contribution >= 4 is 29.2 Å². The third-order valence-electron chi connectivity index (χ3n) is 0.281. The summed E-state index contributed by atoms with van der Waals surface area (Å²) in [5, 5.41) is 0. The summed E-state index contributed by atoms with van der Waals surface area (Å²) in [6.45, 7) is 0. The number of hydrogen-bond donors (Lipinski definition) is 1. The quantitative estimate of drug-likeness (QED) is 0.354. The molecular weight excluding hydrogens is 156 g/mol. The highest BCUT2D eigenvalue weighted by Crippen LogP contribution is 1.94. The van der Waals surface area contributed by atoms with Crippen molar-refractivity contribution < 1.29 is 17.7 Å². The van der Waals surface area contributed by atoms with Gasteiger partial charge in [0.1, 0.15) is 0 Å². The van der Waals surface area contributed by atoms with E-state index in [1.165, 1.54) is 0 Å². The Morgan fingerprint density at radius 3 is 2.50 bits per heavy atom. The molecule has 0 radical (unpaired) electrons. The maximum atomic E-state index is 9.61. The lowest BCUT2D eigenvalue weighted by Gasteiger charge is -1.94. The van der Waals surface area contributed by atoms with E-state index in [1.807, 2.05) is 0 Å². The van der Waals surface area contributed by atoms with Gasteiger partial charge in [-0.1, -0.05) is 11.6 Å². The molecule has 0 saturated carbocycles. The van der Waals surface area contributed by atoms with E-state index in [2.05, 4.69) is 4.18 Å². The van der Waals surface area contributed by atoms with Gasteiger partial charge in [0.15, 0.2) is 6.29 Å². The monoisotopic (exact) mass is 158 g/mol. The van der Waals surface area contributed by atoms with Gasteiger partial charge in [-0.2, -0.15) is 4.21 Å². The highest BCUT2D eigenvalue weighted by atomic mass is 35.5. The Bertz CT molecular complexity index is 104. The van der Waals surface area contributed by atoms with Gasteiger partial charge in [-0.15, -0.1) is 0 Å². The predicted molar refractivity (Wildman–Crippen MR) is 27.6 cm³/mol. The molecule has 0 aliphatic heterocycles. The second-order valence-electron chi connectivity index (χ2n) is 0.801. The van der Waals surface area contributed by atoms with E-state index in [4.69, 9.17) is 16.2 Å². The third-order valence-corrected chi connectivity index (χ3v) is 0.951. The summed E-state index contributed by atoms with van der Waals surface area (Å²) >= 11 is 2.46. The van der Waals surface area contributed by atoms with Crippen LogP contribution in [0.4, 0.5) is 0 Å². The largest absolute Gasteiger partial charge is 0.303 e. The van der Waals surface area contributed by atoms with Crippen molar-refractivity contribution in [3.05, 3.63) is 0 Å². The van der Waals surface area contributed by atoms with Crippen molar-refractivity contribution in [1.82, 2.24) is 0 Å². The van der Waals surface area contributed by atoms with E-state index in [0.717, 1.165) is 0 Å². The number of carbonyl (C=O) groups excluding carboxylic acids is 1. The fourth-order valence-electron chi connectivity index (χ4n) is 0.101. The van der Waals surface area contributed by atoms with Crippen LogP contribution in [0.2, 0.25) is 0 Å². The van der Waals surface area contributed by atoms with E-state index in [9.17, 15) is 9.00 Å². The minimum absolute atomic E-state index is 0.204. The van der Waals surface area contributed by atoms with Crippen molar-refractivity contribution in [3.63, 3.8) is 0 Å². The summed E-state index contributed by atoms with van der Waals surface area (Å²) in [4.78, 5) is 9.54. The van der Waals surface area contributed by atoms with Gasteiger partial charge in [-0.25, -0.2) is 4.18 Å². The maximum absolute atomic E-state index is 9.61. The zero-order valence-electron chi connectivity index (χ0n) is 3.61. The van der Waals surface area contributed by atoms with Crippen LogP contribution < -0.4 is 0 Å². The Morgan fingerprint density at radius 2 is 2.38 bits per heavy atom. The molecule has 0 aromatic heterocycles. The Labute approximate surface area is 53.3 Å². The number of carbonyl (C=O) groups is 1. The second-order valence-corrected chi connectivity index (χ2v) is 1.86. The van der Waals surface area contributed by atoms with Gasteiger partial charge in [-0.3, -0.25) is 9.35 Å². The molecule has 0 saturated heterocycles. The van der Waals surface area contributed by atoms with Crippen molar-refractivity contribution in [2.24, 2.45) is 0 Å². The molecule has 0 heterocycles. The Balaban J connectivity index is 3.38. The summed E-state index contributed by atoms with van der Waals surface area (Å²) in [7, 11) is 0. The first-order valence-electron chi connectivity index (χ1n) is 1.54. The van der Waals surface area contributed by atoms with E-state index in [-0.39, 0.29) is 6.29 Å². The first-order chi connectivity index (χ1) is 3.66. The number of hydrogen-bond acceptors (Lipinski definition) is 3. The van der Waals surface area contributed by atoms with Crippen LogP contribution in [0.5, 0.6) is 0 Å². The van der Waals surface area contributed by atoms with Gasteiger partial charge in [0.05, 0.1) is 0 Å². The predicted octanol–water partition coefficient (Wildman–Crippen LogP) is -0.0965. The molecule has 0 amide bonds. The van der Waals surface area contributed by atoms with Gasteiger partial charge in [-0.05, 0) is 0 Å². The van der Waals surface area contributed by atoms with Crippen LogP contribution in [0.3, 0.4) is 0 Å². The molecule has 1 N–H and O–H groups in total. The fourth-order valence-corrected chi connectivity index (χ4v) is 0.491. The van der Waals surface area contributed by atoms with Crippen LogP contribution >= 0.6 is 11.6 Å². The Hall–Kier alpha value is 0.0300. The maximum Gasteiger partial charge on any atom is 0.303 e. The Morgan fingerprint density at radius 1 is 1.88 bits per heavy atom. The standard InChI is InChI=1S/C2H3ClO4S/c3-2(1-4)7-8(5)6/h1-2H,(H,5,6). The molecule has 8 heavy (non-hydrogen) atoms. The molecular formula is C2H3ClO4S. The SMILES string of the molecule is O=CC(Cl)OS(=O)O. The van der Waals surface area contributed by atoms with E-state index < -0.39 is 16.9 Å². The number of aldehydes is 1. The van der Waals surface area contributed by atoms with E-state index >= 15 is 0 Å².